The van der Waals surface area contributed by atoms with Gasteiger partial charge in [0.1, 0.15) is 5.75 Å². The Morgan fingerprint density at radius 1 is 1.29 bits per heavy atom. The van der Waals surface area contributed by atoms with E-state index in [0.717, 1.165) is 5.69 Å². The normalized spacial score (nSPS) is 10.8. The van der Waals surface area contributed by atoms with Crippen LogP contribution in [0.15, 0.2) is 35.1 Å². The van der Waals surface area contributed by atoms with E-state index >= 15 is 0 Å². The average Bonchev–Trinajstić information content (AvgIpc) is 2.53. The summed E-state index contributed by atoms with van der Waals surface area (Å²) in [7, 11) is 1.70. The van der Waals surface area contributed by atoms with Crippen molar-refractivity contribution in [2.45, 2.75) is 33.4 Å². The fraction of sp³-hybridized carbons (Fsp3) is 0.333. The number of carbonyl (C=O) groups is 1. The Kier molecular flexibility index (Phi) is 5.67. The molecule has 0 unspecified atom stereocenters. The van der Waals surface area contributed by atoms with Gasteiger partial charge in [0, 0.05) is 24.8 Å². The van der Waals surface area contributed by atoms with Crippen LogP contribution in [0.1, 0.15) is 35.5 Å². The minimum atomic E-state index is -0.350. The molecule has 0 atom stereocenters. The molecule has 1 aromatic heterocycles. The predicted molar refractivity (Wildman–Crippen MR) is 94.8 cm³/mol. The monoisotopic (exact) mass is 348 g/mol. The maximum absolute atomic E-state index is 12.4. The number of pyridine rings is 1. The van der Waals surface area contributed by atoms with Crippen molar-refractivity contribution in [1.82, 2.24) is 9.88 Å². The molecule has 24 heavy (non-hydrogen) atoms. The van der Waals surface area contributed by atoms with Gasteiger partial charge in [0.25, 0.3) is 11.5 Å². The van der Waals surface area contributed by atoms with E-state index in [1.807, 2.05) is 26.8 Å². The van der Waals surface area contributed by atoms with Crippen molar-refractivity contribution in [1.29, 1.82) is 0 Å². The third kappa shape index (κ3) is 3.97. The number of amides is 1. The fourth-order valence-electron chi connectivity index (χ4n) is 2.22. The van der Waals surface area contributed by atoms with E-state index in [4.69, 9.17) is 16.3 Å². The highest BCUT2D eigenvalue weighted by atomic mass is 35.5. The van der Waals surface area contributed by atoms with Crippen LogP contribution in [0.4, 0.5) is 0 Å². The summed E-state index contributed by atoms with van der Waals surface area (Å²) in [5.74, 6) is 0.113. The molecule has 0 spiro atoms. The molecule has 2 aromatic rings. The van der Waals surface area contributed by atoms with E-state index in [1.54, 1.807) is 35.9 Å². The number of benzene rings is 1. The first-order chi connectivity index (χ1) is 11.3. The molecule has 0 fully saturated rings. The number of nitrogens with one attached hydrogen (secondary N) is 1. The summed E-state index contributed by atoms with van der Waals surface area (Å²) in [6.07, 6.45) is -0.0450. The zero-order chi connectivity index (χ0) is 17.9. The quantitative estimate of drug-likeness (QED) is 0.903. The Bertz CT molecular complexity index is 812. The number of aromatic nitrogens is 1. The van der Waals surface area contributed by atoms with Crippen LogP contribution in [0.2, 0.25) is 5.02 Å². The van der Waals surface area contributed by atoms with Crippen LogP contribution in [0.5, 0.6) is 5.75 Å². The summed E-state index contributed by atoms with van der Waals surface area (Å²) in [5, 5.41) is 3.00. The van der Waals surface area contributed by atoms with Crippen molar-refractivity contribution in [2.24, 2.45) is 7.05 Å². The van der Waals surface area contributed by atoms with E-state index in [9.17, 15) is 9.59 Å². The summed E-state index contributed by atoms with van der Waals surface area (Å²) in [5.41, 5.74) is 1.57. The zero-order valence-corrected chi connectivity index (χ0v) is 15.0. The van der Waals surface area contributed by atoms with Gasteiger partial charge in [-0.2, -0.15) is 0 Å². The van der Waals surface area contributed by atoms with Gasteiger partial charge in [-0.1, -0.05) is 23.7 Å². The zero-order valence-electron chi connectivity index (χ0n) is 14.2. The topological polar surface area (TPSA) is 60.3 Å². The Morgan fingerprint density at radius 2 is 2.00 bits per heavy atom. The van der Waals surface area contributed by atoms with Crippen molar-refractivity contribution in [3.05, 3.63) is 62.5 Å². The van der Waals surface area contributed by atoms with Crippen LogP contribution in [0.3, 0.4) is 0 Å². The molecular formula is C18H21ClN2O3. The molecule has 0 aliphatic carbocycles. The largest absolute Gasteiger partial charge is 0.489 e. The van der Waals surface area contributed by atoms with Gasteiger partial charge in [-0.05, 0) is 39.0 Å². The van der Waals surface area contributed by atoms with Gasteiger partial charge in [0.15, 0.2) is 0 Å². The molecule has 1 amide bonds. The van der Waals surface area contributed by atoms with Gasteiger partial charge in [-0.3, -0.25) is 9.59 Å². The Balaban J connectivity index is 2.16. The molecule has 0 aliphatic rings. The molecule has 0 saturated heterocycles. The Labute approximate surface area is 146 Å². The van der Waals surface area contributed by atoms with Gasteiger partial charge in [0.05, 0.1) is 16.7 Å². The SMILES string of the molecule is Cc1ccc(CNC(=O)c2cccc(OC(C)C)c2Cl)c(=O)n1C. The summed E-state index contributed by atoms with van der Waals surface area (Å²) >= 11 is 6.26. The lowest BCUT2D eigenvalue weighted by Crippen LogP contribution is -2.29. The van der Waals surface area contributed by atoms with Crippen LogP contribution >= 0.6 is 11.6 Å². The number of carbonyl (C=O) groups excluding carboxylic acids is 1. The minimum absolute atomic E-state index is 0.0450. The highest BCUT2D eigenvalue weighted by Gasteiger charge is 2.15. The third-order valence-electron chi connectivity index (χ3n) is 3.64. The molecular weight excluding hydrogens is 328 g/mol. The molecule has 1 N–H and O–H groups in total. The number of aryl methyl sites for hydroxylation is 1. The summed E-state index contributed by atoms with van der Waals surface area (Å²) < 4.78 is 7.13. The first kappa shape index (κ1) is 18.1. The molecule has 5 nitrogen and oxygen atoms in total. The lowest BCUT2D eigenvalue weighted by atomic mass is 10.2. The van der Waals surface area contributed by atoms with Gasteiger partial charge in [-0.15, -0.1) is 0 Å². The molecule has 6 heteroatoms. The van der Waals surface area contributed by atoms with E-state index in [2.05, 4.69) is 5.32 Å². The third-order valence-corrected chi connectivity index (χ3v) is 4.03. The predicted octanol–water partition coefficient (Wildman–Crippen LogP) is 3.06. The fourth-order valence-corrected chi connectivity index (χ4v) is 2.47. The Morgan fingerprint density at radius 3 is 2.67 bits per heavy atom. The van der Waals surface area contributed by atoms with E-state index in [1.165, 1.54) is 0 Å². The molecule has 1 heterocycles. The summed E-state index contributed by atoms with van der Waals surface area (Å²) in [6, 6.07) is 8.61. The standard InChI is InChI=1S/C18H21ClN2O3/c1-11(2)24-15-7-5-6-14(16(15)19)17(22)20-10-13-9-8-12(3)21(4)18(13)23/h5-9,11H,10H2,1-4H3,(H,20,22). The van der Waals surface area contributed by atoms with E-state index in [-0.39, 0.29) is 29.1 Å². The number of rotatable bonds is 5. The first-order valence-electron chi connectivity index (χ1n) is 7.70. The molecule has 2 rings (SSSR count). The maximum atomic E-state index is 12.4. The van der Waals surface area contributed by atoms with Crippen LogP contribution in [-0.4, -0.2) is 16.6 Å². The number of nitrogens with zero attached hydrogens (tertiary/aromatic N) is 1. The molecule has 0 saturated carbocycles. The van der Waals surface area contributed by atoms with Gasteiger partial charge in [0.2, 0.25) is 0 Å². The maximum Gasteiger partial charge on any atom is 0.255 e. The molecule has 0 radical (unpaired) electrons. The smallest absolute Gasteiger partial charge is 0.255 e. The van der Waals surface area contributed by atoms with Crippen molar-refractivity contribution >= 4 is 17.5 Å². The second-order valence-corrected chi connectivity index (χ2v) is 6.21. The van der Waals surface area contributed by atoms with Crippen LogP contribution in [0.25, 0.3) is 0 Å². The lowest BCUT2D eigenvalue weighted by Gasteiger charge is -2.14. The average molecular weight is 349 g/mol. The molecule has 0 aliphatic heterocycles. The van der Waals surface area contributed by atoms with Gasteiger partial charge in [-0.25, -0.2) is 0 Å². The van der Waals surface area contributed by atoms with Crippen molar-refractivity contribution in [2.75, 3.05) is 0 Å². The van der Waals surface area contributed by atoms with Gasteiger partial charge < -0.3 is 14.6 Å². The minimum Gasteiger partial charge on any atom is -0.489 e. The number of hydrogen-bond acceptors (Lipinski definition) is 3. The van der Waals surface area contributed by atoms with Crippen LogP contribution in [0, 0.1) is 6.92 Å². The summed E-state index contributed by atoms with van der Waals surface area (Å²) in [4.78, 5) is 24.5. The van der Waals surface area contributed by atoms with Crippen molar-refractivity contribution < 1.29 is 9.53 Å². The molecule has 0 bridgehead atoms. The first-order valence-corrected chi connectivity index (χ1v) is 8.08. The van der Waals surface area contributed by atoms with Gasteiger partial charge >= 0.3 is 0 Å². The lowest BCUT2D eigenvalue weighted by molar-refractivity contribution is 0.0950. The van der Waals surface area contributed by atoms with E-state index < -0.39 is 0 Å². The summed E-state index contributed by atoms with van der Waals surface area (Å²) in [6.45, 7) is 5.76. The molecule has 1 aromatic carbocycles. The number of halogens is 1. The number of hydrogen-bond donors (Lipinski definition) is 1. The van der Waals surface area contributed by atoms with E-state index in [0.29, 0.717) is 16.9 Å². The van der Waals surface area contributed by atoms with Crippen LogP contribution < -0.4 is 15.6 Å². The van der Waals surface area contributed by atoms with Crippen molar-refractivity contribution in [3.8, 4) is 5.75 Å². The molecule has 128 valence electrons. The second kappa shape index (κ2) is 7.53. The number of ether oxygens (including phenoxy) is 1. The van der Waals surface area contributed by atoms with Crippen molar-refractivity contribution in [3.63, 3.8) is 0 Å². The highest BCUT2D eigenvalue weighted by molar-refractivity contribution is 6.35. The second-order valence-electron chi connectivity index (χ2n) is 5.83. The highest BCUT2D eigenvalue weighted by Crippen LogP contribution is 2.28. The Hall–Kier alpha value is -2.27. The van der Waals surface area contributed by atoms with Crippen LogP contribution in [-0.2, 0) is 13.6 Å².